The van der Waals surface area contributed by atoms with Crippen molar-refractivity contribution in [3.63, 3.8) is 0 Å². The molecule has 1 aromatic carbocycles. The van der Waals surface area contributed by atoms with Crippen molar-refractivity contribution in [1.82, 2.24) is 5.32 Å². The molecule has 20 heavy (non-hydrogen) atoms. The van der Waals surface area contributed by atoms with Gasteiger partial charge in [-0.15, -0.1) is 12.4 Å². The fraction of sp³-hybridized carbons (Fsp3) is 0.571. The molecule has 0 spiro atoms. The maximum atomic E-state index is 12.3. The number of piperidine rings is 1. The van der Waals surface area contributed by atoms with E-state index in [2.05, 4.69) is 5.32 Å². The minimum Gasteiger partial charge on any atom is -0.484 e. The van der Waals surface area contributed by atoms with Crippen molar-refractivity contribution in [2.75, 3.05) is 19.7 Å². The summed E-state index contributed by atoms with van der Waals surface area (Å²) in [6, 6.07) is 5.53. The highest BCUT2D eigenvalue weighted by Crippen LogP contribution is 2.34. The first-order valence-corrected chi connectivity index (χ1v) is 6.46. The molecule has 2 rings (SSSR count). The van der Waals surface area contributed by atoms with E-state index in [1.807, 2.05) is 19.1 Å². The number of hydrogen-bond donors (Lipinski definition) is 1. The maximum absolute atomic E-state index is 12.3. The number of alkyl halides is 3. The monoisotopic (exact) mass is 309 g/mol. The summed E-state index contributed by atoms with van der Waals surface area (Å²) in [7, 11) is 0. The molecule has 0 unspecified atom stereocenters. The van der Waals surface area contributed by atoms with E-state index < -0.39 is 12.8 Å². The molecule has 0 aliphatic carbocycles. The first-order chi connectivity index (χ1) is 8.96. The topological polar surface area (TPSA) is 21.3 Å². The summed E-state index contributed by atoms with van der Waals surface area (Å²) in [5.41, 5.74) is 1.81. The van der Waals surface area contributed by atoms with Crippen LogP contribution in [0.15, 0.2) is 18.2 Å². The molecular formula is C14H19ClF3NO. The highest BCUT2D eigenvalue weighted by molar-refractivity contribution is 5.85. The van der Waals surface area contributed by atoms with E-state index in [4.69, 9.17) is 4.74 Å². The highest BCUT2D eigenvalue weighted by Gasteiger charge is 2.29. The van der Waals surface area contributed by atoms with Gasteiger partial charge in [-0.2, -0.15) is 13.2 Å². The number of rotatable bonds is 3. The molecule has 6 heteroatoms. The first kappa shape index (κ1) is 17.1. The Hall–Kier alpha value is -0.940. The molecule has 1 aliphatic heterocycles. The molecule has 0 amide bonds. The number of nitrogens with one attached hydrogen (secondary N) is 1. The summed E-state index contributed by atoms with van der Waals surface area (Å²) in [6.07, 6.45) is -2.42. The van der Waals surface area contributed by atoms with Crippen molar-refractivity contribution < 1.29 is 17.9 Å². The maximum Gasteiger partial charge on any atom is 0.422 e. The fourth-order valence-corrected chi connectivity index (χ4v) is 2.40. The van der Waals surface area contributed by atoms with E-state index in [0.29, 0.717) is 5.75 Å². The van der Waals surface area contributed by atoms with Crippen LogP contribution >= 0.6 is 12.4 Å². The molecule has 114 valence electrons. The molecular weight excluding hydrogens is 291 g/mol. The zero-order valence-electron chi connectivity index (χ0n) is 11.3. The lowest BCUT2D eigenvalue weighted by Gasteiger charge is -2.25. The van der Waals surface area contributed by atoms with Crippen LogP contribution in [0.4, 0.5) is 13.2 Å². The number of ether oxygens (including phenoxy) is 1. The van der Waals surface area contributed by atoms with Crippen LogP contribution in [0.25, 0.3) is 0 Å². The third-order valence-corrected chi connectivity index (χ3v) is 3.34. The minimum absolute atomic E-state index is 0. The number of aryl methyl sites for hydroxylation is 1. The Kier molecular flexibility index (Phi) is 6.14. The van der Waals surface area contributed by atoms with Crippen LogP contribution in [-0.4, -0.2) is 25.9 Å². The van der Waals surface area contributed by atoms with Crippen molar-refractivity contribution in [1.29, 1.82) is 0 Å². The van der Waals surface area contributed by atoms with Crippen molar-refractivity contribution in [2.24, 2.45) is 0 Å². The van der Waals surface area contributed by atoms with Gasteiger partial charge >= 0.3 is 6.18 Å². The van der Waals surface area contributed by atoms with E-state index in [9.17, 15) is 13.2 Å². The van der Waals surface area contributed by atoms with E-state index in [0.717, 1.165) is 37.1 Å². The third-order valence-electron chi connectivity index (χ3n) is 3.34. The molecule has 1 saturated heterocycles. The standard InChI is InChI=1S/C14H18F3NO.ClH/c1-10-2-3-12(11-4-6-18-7-5-11)13(8-10)19-9-14(15,16)17;/h2-3,8,11,18H,4-7,9H2,1H3;1H. The summed E-state index contributed by atoms with van der Waals surface area (Å²) in [6.45, 7) is 2.43. The Morgan fingerprint density at radius 3 is 2.50 bits per heavy atom. The van der Waals surface area contributed by atoms with Gasteiger partial charge in [0.05, 0.1) is 0 Å². The van der Waals surface area contributed by atoms with Gasteiger partial charge in [-0.1, -0.05) is 12.1 Å². The Balaban J connectivity index is 0.00000200. The molecule has 1 aromatic rings. The van der Waals surface area contributed by atoms with Crippen LogP contribution in [0, 0.1) is 6.92 Å². The molecule has 1 heterocycles. The van der Waals surface area contributed by atoms with Gasteiger partial charge in [0.15, 0.2) is 6.61 Å². The Morgan fingerprint density at radius 2 is 1.90 bits per heavy atom. The highest BCUT2D eigenvalue weighted by atomic mass is 35.5. The van der Waals surface area contributed by atoms with Gasteiger partial charge < -0.3 is 10.1 Å². The molecule has 1 fully saturated rings. The van der Waals surface area contributed by atoms with Gasteiger partial charge in [-0.25, -0.2) is 0 Å². The second kappa shape index (κ2) is 7.18. The SMILES string of the molecule is Cc1ccc(C2CCNCC2)c(OCC(F)(F)F)c1.Cl. The predicted molar refractivity (Wildman–Crippen MR) is 74.8 cm³/mol. The molecule has 1 aliphatic rings. The Labute approximate surface area is 123 Å². The van der Waals surface area contributed by atoms with Gasteiger partial charge in [-0.3, -0.25) is 0 Å². The van der Waals surface area contributed by atoms with E-state index in [1.165, 1.54) is 0 Å². The average Bonchev–Trinajstić information content (AvgIpc) is 2.37. The Bertz CT molecular complexity index is 431. The van der Waals surface area contributed by atoms with E-state index in [-0.39, 0.29) is 18.3 Å². The van der Waals surface area contributed by atoms with Gasteiger partial charge in [0.25, 0.3) is 0 Å². The predicted octanol–water partition coefficient (Wildman–Crippen LogP) is 3.82. The molecule has 0 bridgehead atoms. The molecule has 0 radical (unpaired) electrons. The number of hydrogen-bond acceptors (Lipinski definition) is 2. The molecule has 2 nitrogen and oxygen atoms in total. The van der Waals surface area contributed by atoms with E-state index >= 15 is 0 Å². The van der Waals surface area contributed by atoms with Gasteiger partial charge in [0.1, 0.15) is 5.75 Å². The molecule has 1 N–H and O–H groups in total. The van der Waals surface area contributed by atoms with Gasteiger partial charge in [0.2, 0.25) is 0 Å². The van der Waals surface area contributed by atoms with Crippen LogP contribution < -0.4 is 10.1 Å². The van der Waals surface area contributed by atoms with Crippen molar-refractivity contribution in [3.8, 4) is 5.75 Å². The summed E-state index contributed by atoms with van der Waals surface area (Å²) in [5, 5.41) is 3.25. The smallest absolute Gasteiger partial charge is 0.422 e. The lowest BCUT2D eigenvalue weighted by atomic mass is 9.89. The largest absolute Gasteiger partial charge is 0.484 e. The lowest BCUT2D eigenvalue weighted by Crippen LogP contribution is -2.27. The zero-order valence-corrected chi connectivity index (χ0v) is 12.1. The van der Waals surface area contributed by atoms with Gasteiger partial charge in [-0.05, 0) is 56.0 Å². The molecule has 0 aromatic heterocycles. The first-order valence-electron chi connectivity index (χ1n) is 6.46. The summed E-state index contributed by atoms with van der Waals surface area (Å²) in [5.74, 6) is 0.661. The summed E-state index contributed by atoms with van der Waals surface area (Å²) >= 11 is 0. The van der Waals surface area contributed by atoms with Crippen molar-refractivity contribution in [2.45, 2.75) is 31.9 Å². The number of halogens is 4. The third kappa shape index (κ3) is 4.87. The average molecular weight is 310 g/mol. The lowest BCUT2D eigenvalue weighted by molar-refractivity contribution is -0.153. The van der Waals surface area contributed by atoms with Crippen molar-refractivity contribution >= 4 is 12.4 Å². The second-order valence-electron chi connectivity index (χ2n) is 4.97. The van der Waals surface area contributed by atoms with Crippen LogP contribution in [0.3, 0.4) is 0 Å². The van der Waals surface area contributed by atoms with Crippen LogP contribution in [-0.2, 0) is 0 Å². The van der Waals surface area contributed by atoms with E-state index in [1.54, 1.807) is 6.07 Å². The molecule has 0 saturated carbocycles. The second-order valence-corrected chi connectivity index (χ2v) is 4.97. The quantitative estimate of drug-likeness (QED) is 0.916. The zero-order chi connectivity index (χ0) is 13.9. The minimum atomic E-state index is -4.30. The van der Waals surface area contributed by atoms with Crippen LogP contribution in [0.1, 0.15) is 29.9 Å². The normalized spacial score (nSPS) is 16.6. The Morgan fingerprint density at radius 1 is 1.25 bits per heavy atom. The molecule has 0 atom stereocenters. The van der Waals surface area contributed by atoms with Crippen molar-refractivity contribution in [3.05, 3.63) is 29.3 Å². The van der Waals surface area contributed by atoms with Crippen LogP contribution in [0.5, 0.6) is 5.75 Å². The summed E-state index contributed by atoms with van der Waals surface area (Å²) in [4.78, 5) is 0. The number of benzene rings is 1. The summed E-state index contributed by atoms with van der Waals surface area (Å²) < 4.78 is 41.8. The fourth-order valence-electron chi connectivity index (χ4n) is 2.40. The van der Waals surface area contributed by atoms with Crippen LogP contribution in [0.2, 0.25) is 0 Å². The van der Waals surface area contributed by atoms with Gasteiger partial charge in [0, 0.05) is 0 Å².